The van der Waals surface area contributed by atoms with Crippen molar-refractivity contribution in [2.24, 2.45) is 0 Å². The Morgan fingerprint density at radius 2 is 1.97 bits per heavy atom. The summed E-state index contributed by atoms with van der Waals surface area (Å²) in [6, 6.07) is 12.5. The summed E-state index contributed by atoms with van der Waals surface area (Å²) >= 11 is 4.69. The normalized spacial score (nSPS) is 20.6. The number of nitrogens with zero attached hydrogens (tertiary/aromatic N) is 2. The van der Waals surface area contributed by atoms with E-state index in [9.17, 15) is 23.6 Å². The Hall–Kier alpha value is -2.72. The first-order valence-electron chi connectivity index (χ1n) is 9.32. The fraction of sp³-hybridized carbons (Fsp3) is 0.190. The van der Waals surface area contributed by atoms with E-state index in [1.165, 1.54) is 24.3 Å². The molecule has 1 aliphatic heterocycles. The van der Waals surface area contributed by atoms with Crippen molar-refractivity contribution in [2.75, 3.05) is 11.5 Å². The molecule has 1 saturated heterocycles. The lowest BCUT2D eigenvalue weighted by molar-refractivity contribution is 0.0886. The van der Waals surface area contributed by atoms with E-state index < -0.39 is 40.6 Å². The number of hydrogen-bond donors (Lipinski definition) is 2. The lowest BCUT2D eigenvalue weighted by Crippen LogP contribution is -2.44. The zero-order chi connectivity index (χ0) is 22.1. The number of nitrogens with one attached hydrogen (secondary N) is 1. The number of halogens is 2. The van der Waals surface area contributed by atoms with Crippen molar-refractivity contribution in [1.29, 1.82) is 0 Å². The Bertz CT molecular complexity index is 1190. The molecule has 2 N–H and O–H groups in total. The van der Waals surface area contributed by atoms with Gasteiger partial charge in [-0.1, -0.05) is 29.8 Å². The summed E-state index contributed by atoms with van der Waals surface area (Å²) in [5.74, 6) is -1.15. The standard InChI is InChI=1S/C21H17ClFN3O4S/c22-13-6-4-12(5-7-13)17-9-16(20(28)24-18-10-31(30)11-19(18)27)21(29)26(25-17)15-3-1-2-14(23)8-15/h1-9,18-19,27H,10-11H2,(H,24,28)/t18-,19+,31?/m1/s1. The molecule has 0 spiro atoms. The maximum absolute atomic E-state index is 13.8. The van der Waals surface area contributed by atoms with Crippen LogP contribution in [0.3, 0.4) is 0 Å². The third-order valence-corrected chi connectivity index (χ3v) is 6.55. The average Bonchev–Trinajstić information content (AvgIpc) is 3.05. The highest BCUT2D eigenvalue weighted by Crippen LogP contribution is 2.21. The van der Waals surface area contributed by atoms with Gasteiger partial charge in [0.15, 0.2) is 0 Å². The topological polar surface area (TPSA) is 107 Å². The summed E-state index contributed by atoms with van der Waals surface area (Å²) in [6.45, 7) is 0. The Kier molecular flexibility index (Phi) is 6.10. The number of amides is 1. The molecular weight excluding hydrogens is 445 g/mol. The van der Waals surface area contributed by atoms with E-state index in [1.54, 1.807) is 24.3 Å². The smallest absolute Gasteiger partial charge is 0.284 e. The van der Waals surface area contributed by atoms with Crippen LogP contribution in [0.15, 0.2) is 59.4 Å². The molecule has 0 radical (unpaired) electrons. The average molecular weight is 462 g/mol. The molecule has 1 aliphatic rings. The summed E-state index contributed by atoms with van der Waals surface area (Å²) in [5.41, 5.74) is 0.0345. The Labute approximate surface area is 184 Å². The van der Waals surface area contributed by atoms with Gasteiger partial charge in [0.05, 0.1) is 11.4 Å². The molecule has 3 aromatic rings. The summed E-state index contributed by atoms with van der Waals surface area (Å²) in [7, 11) is 0. The summed E-state index contributed by atoms with van der Waals surface area (Å²) in [4.78, 5) is 26.0. The van der Waals surface area contributed by atoms with Gasteiger partial charge in [0.1, 0.15) is 35.0 Å². The van der Waals surface area contributed by atoms with Gasteiger partial charge in [0.2, 0.25) is 0 Å². The minimum Gasteiger partial charge on any atom is -0.616 e. The van der Waals surface area contributed by atoms with Gasteiger partial charge in [-0.05, 0) is 47.6 Å². The van der Waals surface area contributed by atoms with Crippen molar-refractivity contribution in [3.05, 3.63) is 81.4 Å². The number of rotatable bonds is 4. The van der Waals surface area contributed by atoms with E-state index in [0.29, 0.717) is 16.3 Å². The first-order valence-corrected chi connectivity index (χ1v) is 11.2. The molecule has 160 valence electrons. The van der Waals surface area contributed by atoms with Crippen LogP contribution >= 0.6 is 11.6 Å². The van der Waals surface area contributed by atoms with E-state index in [2.05, 4.69) is 10.4 Å². The van der Waals surface area contributed by atoms with E-state index in [0.717, 1.165) is 10.7 Å². The molecular formula is C21H17ClFN3O4S. The van der Waals surface area contributed by atoms with E-state index >= 15 is 0 Å². The molecule has 1 unspecified atom stereocenters. The number of carbonyl (C=O) groups excluding carboxylic acids is 1. The third-order valence-electron chi connectivity index (χ3n) is 4.85. The first-order chi connectivity index (χ1) is 14.8. The van der Waals surface area contributed by atoms with Crippen LogP contribution < -0.4 is 10.9 Å². The van der Waals surface area contributed by atoms with Gasteiger partial charge in [-0.25, -0.2) is 4.39 Å². The maximum Gasteiger partial charge on any atom is 0.284 e. The molecule has 1 aromatic heterocycles. The highest BCUT2D eigenvalue weighted by Gasteiger charge is 2.37. The van der Waals surface area contributed by atoms with Crippen molar-refractivity contribution < 1.29 is 18.8 Å². The quantitative estimate of drug-likeness (QED) is 0.577. The molecule has 0 saturated carbocycles. The number of aromatic nitrogens is 2. The van der Waals surface area contributed by atoms with Crippen LogP contribution in [0.1, 0.15) is 10.4 Å². The van der Waals surface area contributed by atoms with Crippen molar-refractivity contribution >= 4 is 28.7 Å². The minimum absolute atomic E-state index is 0.0604. The van der Waals surface area contributed by atoms with Crippen LogP contribution in [0.4, 0.5) is 4.39 Å². The van der Waals surface area contributed by atoms with Gasteiger partial charge in [0.25, 0.3) is 11.5 Å². The number of aliphatic hydroxyl groups is 1. The molecule has 7 nitrogen and oxygen atoms in total. The third kappa shape index (κ3) is 4.64. The van der Waals surface area contributed by atoms with Gasteiger partial charge in [-0.15, -0.1) is 0 Å². The van der Waals surface area contributed by atoms with Crippen LogP contribution in [-0.4, -0.2) is 49.0 Å². The molecule has 3 atom stereocenters. The van der Waals surface area contributed by atoms with Gasteiger partial charge < -0.3 is 15.0 Å². The monoisotopic (exact) mass is 461 g/mol. The van der Waals surface area contributed by atoms with Gasteiger partial charge in [0, 0.05) is 10.6 Å². The molecule has 10 heteroatoms. The fourth-order valence-electron chi connectivity index (χ4n) is 3.27. The first kappa shape index (κ1) is 21.5. The minimum atomic E-state index is -1.25. The molecule has 1 fully saturated rings. The highest BCUT2D eigenvalue weighted by molar-refractivity contribution is 7.91. The molecule has 2 aromatic carbocycles. The molecule has 0 aliphatic carbocycles. The largest absolute Gasteiger partial charge is 0.616 e. The predicted octanol–water partition coefficient (Wildman–Crippen LogP) is 1.91. The molecule has 0 bridgehead atoms. The van der Waals surface area contributed by atoms with Crippen LogP contribution in [-0.2, 0) is 11.2 Å². The lowest BCUT2D eigenvalue weighted by Gasteiger charge is -2.15. The van der Waals surface area contributed by atoms with Crippen LogP contribution in [0.2, 0.25) is 5.02 Å². The van der Waals surface area contributed by atoms with Gasteiger partial charge in [-0.3, -0.25) is 9.59 Å². The zero-order valence-electron chi connectivity index (χ0n) is 16.0. The molecule has 2 heterocycles. The molecule has 1 amide bonds. The van der Waals surface area contributed by atoms with Crippen LogP contribution in [0.5, 0.6) is 0 Å². The highest BCUT2D eigenvalue weighted by atomic mass is 35.5. The van der Waals surface area contributed by atoms with Crippen molar-refractivity contribution in [1.82, 2.24) is 15.1 Å². The summed E-state index contributed by atoms with van der Waals surface area (Å²) in [6.07, 6.45) is -0.965. The zero-order valence-corrected chi connectivity index (χ0v) is 17.6. The number of aliphatic hydroxyl groups excluding tert-OH is 1. The van der Waals surface area contributed by atoms with Crippen LogP contribution in [0.25, 0.3) is 16.9 Å². The number of carbonyl (C=O) groups is 1. The number of benzene rings is 2. The second kappa shape index (κ2) is 8.80. The van der Waals surface area contributed by atoms with Crippen molar-refractivity contribution in [3.63, 3.8) is 0 Å². The molecule has 4 rings (SSSR count). The maximum atomic E-state index is 13.8. The second-order valence-corrected chi connectivity index (χ2v) is 9.05. The predicted molar refractivity (Wildman–Crippen MR) is 115 cm³/mol. The fourth-order valence-corrected chi connectivity index (χ4v) is 4.85. The SMILES string of the molecule is O=C(N[C@@H]1C[S+]([O-])C[C@@H]1O)c1cc(-c2ccc(Cl)cc2)nn(-c2cccc(F)c2)c1=O. The van der Waals surface area contributed by atoms with Gasteiger partial charge in [-0.2, -0.15) is 9.78 Å². The summed E-state index contributed by atoms with van der Waals surface area (Å²) < 4.78 is 26.4. The summed E-state index contributed by atoms with van der Waals surface area (Å²) in [5, 5.41) is 17.4. The second-order valence-electron chi connectivity index (χ2n) is 7.07. The van der Waals surface area contributed by atoms with Crippen LogP contribution in [0, 0.1) is 5.82 Å². The Morgan fingerprint density at radius 3 is 2.61 bits per heavy atom. The number of hydrogen-bond acceptors (Lipinski definition) is 5. The van der Waals surface area contributed by atoms with E-state index in [-0.39, 0.29) is 22.8 Å². The van der Waals surface area contributed by atoms with E-state index in [4.69, 9.17) is 11.6 Å². The van der Waals surface area contributed by atoms with Gasteiger partial charge >= 0.3 is 0 Å². The lowest BCUT2D eigenvalue weighted by atomic mass is 10.1. The molecule has 31 heavy (non-hydrogen) atoms. The van der Waals surface area contributed by atoms with E-state index in [1.807, 2.05) is 0 Å². The van der Waals surface area contributed by atoms with Crippen molar-refractivity contribution in [3.8, 4) is 16.9 Å². The van der Waals surface area contributed by atoms with Crippen molar-refractivity contribution in [2.45, 2.75) is 12.1 Å². The Balaban J connectivity index is 1.80. The Morgan fingerprint density at radius 1 is 1.23 bits per heavy atom.